The van der Waals surface area contributed by atoms with Crippen LogP contribution in [0.5, 0.6) is 5.75 Å². The maximum Gasteiger partial charge on any atom is 0.193 e. The van der Waals surface area contributed by atoms with Gasteiger partial charge in [-0.25, -0.2) is 9.78 Å². The first-order valence-electron chi connectivity index (χ1n) is 15.2. The van der Waals surface area contributed by atoms with Gasteiger partial charge in [0.15, 0.2) is 16.8 Å². The minimum atomic E-state index is -1.78. The molecule has 238 valence electrons. The van der Waals surface area contributed by atoms with Crippen LogP contribution in [0.3, 0.4) is 0 Å². The lowest BCUT2D eigenvalue weighted by molar-refractivity contribution is -0.364. The number of hydrogen-bond acceptors (Lipinski definition) is 12. The number of rotatable bonds is 10. The van der Waals surface area contributed by atoms with Gasteiger partial charge in [-0.1, -0.05) is 19.3 Å². The van der Waals surface area contributed by atoms with Crippen molar-refractivity contribution in [1.29, 1.82) is 0 Å². The Morgan fingerprint density at radius 1 is 1.11 bits per heavy atom. The van der Waals surface area contributed by atoms with Crippen LogP contribution in [0, 0.1) is 12.8 Å². The van der Waals surface area contributed by atoms with Crippen molar-refractivity contribution in [1.82, 2.24) is 0 Å². The van der Waals surface area contributed by atoms with Crippen molar-refractivity contribution in [2.75, 3.05) is 24.7 Å². The molecular formula is C32H40N2O10. The SMILES string of the molecule is Cc1cc(=O)c2cc3c(c(N4C=C5C=CN=C5C4)c2o1)O[C@](C)(C1CCCCC1)[C@H](OOC[C@H](O)[C@@H](O)[C@H](O)[C@H](O)CO)C3. The highest BCUT2D eigenvalue weighted by molar-refractivity contribution is 6.12. The van der Waals surface area contributed by atoms with Crippen molar-refractivity contribution in [2.24, 2.45) is 10.9 Å². The molecular weight excluding hydrogens is 572 g/mol. The topological polar surface area (TPSA) is 175 Å². The van der Waals surface area contributed by atoms with Crippen LogP contribution in [-0.4, -0.2) is 87.1 Å². The molecule has 0 unspecified atom stereocenters. The quantitative estimate of drug-likeness (QED) is 0.195. The number of anilines is 1. The molecule has 12 nitrogen and oxygen atoms in total. The Morgan fingerprint density at radius 3 is 2.59 bits per heavy atom. The van der Waals surface area contributed by atoms with Gasteiger partial charge in [0.25, 0.3) is 0 Å². The van der Waals surface area contributed by atoms with Gasteiger partial charge in [-0.15, -0.1) is 0 Å². The molecule has 0 amide bonds. The molecule has 2 aromatic rings. The third kappa shape index (κ3) is 5.60. The van der Waals surface area contributed by atoms with Crippen molar-refractivity contribution in [2.45, 2.75) is 88.5 Å². The van der Waals surface area contributed by atoms with E-state index >= 15 is 0 Å². The molecule has 6 rings (SSSR count). The molecule has 1 aromatic carbocycles. The third-order valence-electron chi connectivity index (χ3n) is 9.40. The summed E-state index contributed by atoms with van der Waals surface area (Å²) in [4.78, 5) is 31.1. The fourth-order valence-corrected chi connectivity index (χ4v) is 6.79. The second-order valence-corrected chi connectivity index (χ2v) is 12.4. The number of allylic oxidation sites excluding steroid dienone is 1. The molecule has 1 aliphatic carbocycles. The molecule has 0 bridgehead atoms. The zero-order valence-electron chi connectivity index (χ0n) is 24.9. The van der Waals surface area contributed by atoms with Gasteiger partial charge in [0, 0.05) is 41.9 Å². The van der Waals surface area contributed by atoms with E-state index in [0.29, 0.717) is 41.1 Å². The number of aliphatic imine (C=N–C) groups is 1. The lowest BCUT2D eigenvalue weighted by atomic mass is 9.72. The number of aliphatic hydroxyl groups excluding tert-OH is 5. The van der Waals surface area contributed by atoms with Crippen LogP contribution in [-0.2, 0) is 16.2 Å². The number of aryl methyl sites for hydroxylation is 1. The molecule has 4 aliphatic rings. The lowest BCUT2D eigenvalue weighted by Gasteiger charge is -2.48. The van der Waals surface area contributed by atoms with Crippen LogP contribution in [0.15, 0.2) is 50.4 Å². The summed E-state index contributed by atoms with van der Waals surface area (Å²) in [5, 5.41) is 49.7. The Balaban J connectivity index is 1.35. The molecule has 4 heterocycles. The average molecular weight is 613 g/mol. The summed E-state index contributed by atoms with van der Waals surface area (Å²) < 4.78 is 13.2. The summed E-state index contributed by atoms with van der Waals surface area (Å²) in [7, 11) is 0. The van der Waals surface area contributed by atoms with E-state index in [4.69, 9.17) is 24.0 Å². The minimum Gasteiger partial charge on any atom is -0.482 e. The molecule has 0 spiro atoms. The number of aliphatic hydroxyl groups is 5. The van der Waals surface area contributed by atoms with Gasteiger partial charge in [-0.3, -0.25) is 9.79 Å². The number of nitrogens with zero attached hydrogens (tertiary/aromatic N) is 2. The zero-order chi connectivity index (χ0) is 31.2. The van der Waals surface area contributed by atoms with Crippen LogP contribution < -0.4 is 15.1 Å². The zero-order valence-corrected chi connectivity index (χ0v) is 24.9. The summed E-state index contributed by atoms with van der Waals surface area (Å²) in [5.41, 5.74) is 2.71. The predicted molar refractivity (Wildman–Crippen MR) is 160 cm³/mol. The minimum absolute atomic E-state index is 0.117. The fourth-order valence-electron chi connectivity index (χ4n) is 6.79. The number of fused-ring (bicyclic) bond motifs is 3. The third-order valence-corrected chi connectivity index (χ3v) is 9.40. The molecule has 3 aliphatic heterocycles. The van der Waals surface area contributed by atoms with Crippen LogP contribution >= 0.6 is 0 Å². The maximum atomic E-state index is 13.2. The van der Waals surface area contributed by atoms with Crippen LogP contribution in [0.4, 0.5) is 5.69 Å². The molecule has 44 heavy (non-hydrogen) atoms. The molecule has 0 saturated heterocycles. The molecule has 5 N–H and O–H groups in total. The summed E-state index contributed by atoms with van der Waals surface area (Å²) in [5.74, 6) is 1.22. The van der Waals surface area contributed by atoms with E-state index < -0.39 is 49.3 Å². The van der Waals surface area contributed by atoms with Crippen LogP contribution in [0.25, 0.3) is 11.0 Å². The first-order valence-corrected chi connectivity index (χ1v) is 15.2. The van der Waals surface area contributed by atoms with E-state index in [9.17, 15) is 25.2 Å². The van der Waals surface area contributed by atoms with Gasteiger partial charge in [-0.05, 0) is 38.8 Å². The molecule has 1 aromatic heterocycles. The normalized spacial score (nSPS) is 26.1. The Labute approximate surface area is 254 Å². The lowest BCUT2D eigenvalue weighted by Crippen LogP contribution is -2.56. The highest BCUT2D eigenvalue weighted by atomic mass is 17.2. The molecule has 1 saturated carbocycles. The van der Waals surface area contributed by atoms with Gasteiger partial charge in [0.1, 0.15) is 54.2 Å². The monoisotopic (exact) mass is 612 g/mol. The van der Waals surface area contributed by atoms with Gasteiger partial charge in [-0.2, -0.15) is 0 Å². The standard InChI is InChI=1S/C32H40N2O10/c1-17-10-23(36)21-11-19-12-26(44-41-16-25(38)29(40)28(39)24(37)15-35)32(2,20-6-4-3-5-7-20)43-30(19)27(31(21)42-17)34-13-18-8-9-33-22(18)14-34/h8-11,13,20,24-26,28-29,35,37-40H,3-7,12,14-16H2,1-2H3/t24-,25+,26-,28-,29-,32-/m1/s1. The van der Waals surface area contributed by atoms with Gasteiger partial charge in [0.05, 0.1) is 24.2 Å². The van der Waals surface area contributed by atoms with Crippen molar-refractivity contribution in [3.63, 3.8) is 0 Å². The second-order valence-electron chi connectivity index (χ2n) is 12.4. The number of benzene rings is 1. The van der Waals surface area contributed by atoms with Crippen molar-refractivity contribution < 1.29 is 44.5 Å². The number of hydrogen-bond donors (Lipinski definition) is 5. The molecule has 12 heteroatoms. The van der Waals surface area contributed by atoms with E-state index in [0.717, 1.165) is 49.0 Å². The van der Waals surface area contributed by atoms with E-state index in [-0.39, 0.29) is 11.3 Å². The van der Waals surface area contributed by atoms with E-state index in [2.05, 4.69) is 4.99 Å². The average Bonchev–Trinajstić information content (AvgIpc) is 3.62. The van der Waals surface area contributed by atoms with Gasteiger partial charge >= 0.3 is 0 Å². The first-order chi connectivity index (χ1) is 21.1. The Morgan fingerprint density at radius 2 is 1.86 bits per heavy atom. The molecule has 0 radical (unpaired) electrons. The van der Waals surface area contributed by atoms with E-state index in [1.807, 2.05) is 24.1 Å². The van der Waals surface area contributed by atoms with Crippen LogP contribution in [0.1, 0.15) is 50.4 Å². The molecule has 1 fully saturated rings. The van der Waals surface area contributed by atoms with E-state index in [1.54, 1.807) is 19.2 Å². The van der Waals surface area contributed by atoms with Gasteiger partial charge < -0.3 is 39.6 Å². The second kappa shape index (κ2) is 12.4. The largest absolute Gasteiger partial charge is 0.482 e. The predicted octanol–water partition coefficient (Wildman–Crippen LogP) is 1.80. The number of ether oxygens (including phenoxy) is 1. The highest BCUT2D eigenvalue weighted by Crippen LogP contribution is 2.50. The Kier molecular flexibility index (Phi) is 8.68. The van der Waals surface area contributed by atoms with Crippen molar-refractivity contribution in [3.05, 3.63) is 57.7 Å². The summed E-state index contributed by atoms with van der Waals surface area (Å²) in [6.07, 6.45) is 3.65. The smallest absolute Gasteiger partial charge is 0.193 e. The summed E-state index contributed by atoms with van der Waals surface area (Å²) in [6, 6.07) is 3.24. The summed E-state index contributed by atoms with van der Waals surface area (Å²) in [6.45, 7) is 2.95. The van der Waals surface area contributed by atoms with E-state index in [1.165, 1.54) is 6.07 Å². The van der Waals surface area contributed by atoms with Crippen molar-refractivity contribution >= 4 is 22.4 Å². The molecule has 6 atom stereocenters. The Hall–Kier alpha value is -3.10. The Bertz CT molecular complexity index is 1540. The fraction of sp³-hybridized carbons (Fsp3) is 0.562. The van der Waals surface area contributed by atoms with Crippen molar-refractivity contribution in [3.8, 4) is 5.75 Å². The maximum absolute atomic E-state index is 13.2. The van der Waals surface area contributed by atoms with Crippen LogP contribution in [0.2, 0.25) is 0 Å². The highest BCUT2D eigenvalue weighted by Gasteiger charge is 2.50. The summed E-state index contributed by atoms with van der Waals surface area (Å²) >= 11 is 0. The first kappa shape index (κ1) is 30.9. The van der Waals surface area contributed by atoms with Gasteiger partial charge in [0.2, 0.25) is 0 Å².